The van der Waals surface area contributed by atoms with Crippen LogP contribution in [0.1, 0.15) is 23.2 Å². The molecule has 0 bridgehead atoms. The lowest BCUT2D eigenvalue weighted by molar-refractivity contribution is 0.141. The van der Waals surface area contributed by atoms with Crippen LogP contribution >= 0.6 is 11.6 Å². The van der Waals surface area contributed by atoms with Gasteiger partial charge in [0.2, 0.25) is 0 Å². The van der Waals surface area contributed by atoms with E-state index in [1.54, 1.807) is 0 Å². The van der Waals surface area contributed by atoms with Crippen LogP contribution in [0.4, 0.5) is 8.78 Å². The molecule has 1 heterocycles. The van der Waals surface area contributed by atoms with Crippen LogP contribution in [0.3, 0.4) is 0 Å². The molecule has 0 spiro atoms. The predicted molar refractivity (Wildman–Crippen MR) is 50.0 cm³/mol. The Kier molecular flexibility index (Phi) is 3.81. The van der Waals surface area contributed by atoms with Crippen molar-refractivity contribution in [1.82, 2.24) is 4.98 Å². The zero-order chi connectivity index (χ0) is 11.4. The van der Waals surface area contributed by atoms with Crippen molar-refractivity contribution < 1.29 is 13.5 Å². The van der Waals surface area contributed by atoms with E-state index in [4.69, 9.17) is 21.6 Å². The molecule has 1 rings (SSSR count). The third kappa shape index (κ3) is 2.16. The Morgan fingerprint density at radius 3 is 2.73 bits per heavy atom. The van der Waals surface area contributed by atoms with Crippen molar-refractivity contribution >= 4 is 11.6 Å². The highest BCUT2D eigenvalue weighted by Gasteiger charge is 2.21. The number of methoxy groups -OCH3 is 1. The molecule has 15 heavy (non-hydrogen) atoms. The summed E-state index contributed by atoms with van der Waals surface area (Å²) in [5.74, 6) is -0.187. The van der Waals surface area contributed by atoms with E-state index in [1.807, 2.05) is 6.07 Å². The van der Waals surface area contributed by atoms with Crippen LogP contribution in [0, 0.1) is 11.3 Å². The van der Waals surface area contributed by atoms with Gasteiger partial charge in [-0.15, -0.1) is 11.6 Å². The maximum Gasteiger partial charge on any atom is 0.284 e. The first-order valence-electron chi connectivity index (χ1n) is 3.95. The molecule has 0 aliphatic rings. The van der Waals surface area contributed by atoms with Crippen LogP contribution in [0.25, 0.3) is 0 Å². The Bertz CT molecular complexity index is 404. The molecular formula is C9H7ClF2N2O. The van der Waals surface area contributed by atoms with E-state index in [0.29, 0.717) is 0 Å². The second kappa shape index (κ2) is 4.89. The molecule has 0 amide bonds. The molecule has 0 saturated carbocycles. The highest BCUT2D eigenvalue weighted by molar-refractivity contribution is 6.17. The van der Waals surface area contributed by atoms with Crippen LogP contribution < -0.4 is 4.74 Å². The topological polar surface area (TPSA) is 45.9 Å². The highest BCUT2D eigenvalue weighted by Crippen LogP contribution is 2.32. The van der Waals surface area contributed by atoms with Gasteiger partial charge in [0.15, 0.2) is 5.75 Å². The molecule has 0 saturated heterocycles. The second-order valence-electron chi connectivity index (χ2n) is 2.62. The van der Waals surface area contributed by atoms with Crippen molar-refractivity contribution in [3.8, 4) is 11.8 Å². The summed E-state index contributed by atoms with van der Waals surface area (Å²) in [5.41, 5.74) is -0.106. The van der Waals surface area contributed by atoms with Gasteiger partial charge in [0.25, 0.3) is 6.43 Å². The van der Waals surface area contributed by atoms with Gasteiger partial charge in [-0.2, -0.15) is 5.26 Å². The van der Waals surface area contributed by atoms with Gasteiger partial charge in [0, 0.05) is 11.8 Å². The first-order valence-corrected chi connectivity index (χ1v) is 4.49. The van der Waals surface area contributed by atoms with Gasteiger partial charge >= 0.3 is 0 Å². The average molecular weight is 233 g/mol. The number of nitrogens with zero attached hydrogens (tertiary/aromatic N) is 2. The Morgan fingerprint density at radius 2 is 2.33 bits per heavy atom. The summed E-state index contributed by atoms with van der Waals surface area (Å²) in [6.45, 7) is 0. The molecule has 0 radical (unpaired) electrons. The summed E-state index contributed by atoms with van der Waals surface area (Å²) in [4.78, 5) is 3.47. The zero-order valence-corrected chi connectivity index (χ0v) is 8.55. The molecule has 0 N–H and O–H groups in total. The summed E-state index contributed by atoms with van der Waals surface area (Å²) >= 11 is 5.57. The molecule has 6 heteroatoms. The predicted octanol–water partition coefficient (Wildman–Crippen LogP) is 2.64. The van der Waals surface area contributed by atoms with Crippen molar-refractivity contribution in [2.45, 2.75) is 12.3 Å². The largest absolute Gasteiger partial charge is 0.494 e. The first kappa shape index (κ1) is 11.7. The minimum atomic E-state index is -2.75. The number of hydrogen-bond acceptors (Lipinski definition) is 3. The average Bonchev–Trinajstić information content (AvgIpc) is 2.26. The Hall–Kier alpha value is -1.41. The summed E-state index contributed by atoms with van der Waals surface area (Å²) in [6.07, 6.45) is -1.68. The lowest BCUT2D eigenvalue weighted by atomic mass is 10.1. The van der Waals surface area contributed by atoms with Crippen LogP contribution in [0.2, 0.25) is 0 Å². The SMILES string of the molecule is COc1c(C(F)F)ncc(C#N)c1CCl. The van der Waals surface area contributed by atoms with Crippen LogP contribution in [-0.4, -0.2) is 12.1 Å². The number of halogens is 3. The van der Waals surface area contributed by atoms with Gasteiger partial charge in [-0.05, 0) is 0 Å². The summed E-state index contributed by atoms with van der Waals surface area (Å²) in [6, 6.07) is 1.82. The van der Waals surface area contributed by atoms with Crippen molar-refractivity contribution in [2.75, 3.05) is 7.11 Å². The molecule has 0 aliphatic heterocycles. The third-order valence-corrected chi connectivity index (χ3v) is 2.10. The fraction of sp³-hybridized carbons (Fsp3) is 0.333. The number of aromatic nitrogens is 1. The van der Waals surface area contributed by atoms with E-state index in [2.05, 4.69) is 4.98 Å². The van der Waals surface area contributed by atoms with Gasteiger partial charge in [-0.3, -0.25) is 0 Å². The van der Waals surface area contributed by atoms with Gasteiger partial charge in [0.1, 0.15) is 11.8 Å². The zero-order valence-electron chi connectivity index (χ0n) is 7.80. The molecule has 0 aliphatic carbocycles. The van der Waals surface area contributed by atoms with Crippen molar-refractivity contribution in [2.24, 2.45) is 0 Å². The van der Waals surface area contributed by atoms with Crippen LogP contribution in [0.15, 0.2) is 6.20 Å². The number of nitriles is 1. The van der Waals surface area contributed by atoms with Crippen LogP contribution in [-0.2, 0) is 5.88 Å². The summed E-state index contributed by atoms with van der Waals surface area (Å²) in [5, 5.41) is 8.71. The number of rotatable bonds is 3. The van der Waals surface area contributed by atoms with Gasteiger partial charge in [0.05, 0.1) is 18.6 Å². The Balaban J connectivity index is 3.42. The van der Waals surface area contributed by atoms with E-state index < -0.39 is 12.1 Å². The van der Waals surface area contributed by atoms with E-state index in [1.165, 1.54) is 7.11 Å². The second-order valence-corrected chi connectivity index (χ2v) is 2.88. The fourth-order valence-corrected chi connectivity index (χ4v) is 1.43. The number of pyridine rings is 1. The monoisotopic (exact) mass is 232 g/mol. The smallest absolute Gasteiger partial charge is 0.284 e. The molecule has 3 nitrogen and oxygen atoms in total. The molecule has 1 aromatic heterocycles. The quantitative estimate of drug-likeness (QED) is 0.753. The Morgan fingerprint density at radius 1 is 1.67 bits per heavy atom. The molecule has 80 valence electrons. The van der Waals surface area contributed by atoms with E-state index in [9.17, 15) is 8.78 Å². The lowest BCUT2D eigenvalue weighted by Gasteiger charge is -2.11. The van der Waals surface area contributed by atoms with Gasteiger partial charge in [-0.25, -0.2) is 13.8 Å². The maximum absolute atomic E-state index is 12.5. The van der Waals surface area contributed by atoms with E-state index in [-0.39, 0.29) is 22.8 Å². The third-order valence-electron chi connectivity index (χ3n) is 1.83. The summed E-state index contributed by atoms with van der Waals surface area (Å²) in [7, 11) is 1.24. The van der Waals surface area contributed by atoms with Gasteiger partial charge < -0.3 is 4.74 Å². The van der Waals surface area contributed by atoms with Crippen molar-refractivity contribution in [3.63, 3.8) is 0 Å². The molecule has 0 aromatic carbocycles. The molecule has 0 atom stereocenters. The molecule has 0 unspecified atom stereocenters. The molecule has 1 aromatic rings. The summed E-state index contributed by atoms with van der Waals surface area (Å²) < 4.78 is 29.8. The minimum absolute atomic E-state index is 0.0751. The first-order chi connectivity index (χ1) is 7.15. The maximum atomic E-state index is 12.5. The normalized spacial score (nSPS) is 10.1. The standard InChI is InChI=1S/C9H7ClF2N2O/c1-15-8-6(2-10)5(3-13)4-14-7(8)9(11)12/h4,9H,2H2,1H3. The number of alkyl halides is 3. The fourth-order valence-electron chi connectivity index (χ4n) is 1.16. The van der Waals surface area contributed by atoms with Gasteiger partial charge in [-0.1, -0.05) is 0 Å². The number of hydrogen-bond donors (Lipinski definition) is 0. The van der Waals surface area contributed by atoms with Crippen LogP contribution in [0.5, 0.6) is 5.75 Å². The molecule has 0 fully saturated rings. The lowest BCUT2D eigenvalue weighted by Crippen LogP contribution is -2.02. The molecular weight excluding hydrogens is 226 g/mol. The minimum Gasteiger partial charge on any atom is -0.494 e. The Labute approximate surface area is 90.3 Å². The number of ether oxygens (including phenoxy) is 1. The van der Waals surface area contributed by atoms with Crippen molar-refractivity contribution in [3.05, 3.63) is 23.0 Å². The van der Waals surface area contributed by atoms with E-state index in [0.717, 1.165) is 6.20 Å². The van der Waals surface area contributed by atoms with Crippen molar-refractivity contribution in [1.29, 1.82) is 5.26 Å². The highest BCUT2D eigenvalue weighted by atomic mass is 35.5. The van der Waals surface area contributed by atoms with E-state index >= 15 is 0 Å².